The molecular weight excluding hydrogens is 213 g/mol. The van der Waals surface area contributed by atoms with E-state index in [2.05, 4.69) is 9.97 Å². The Morgan fingerprint density at radius 2 is 2.13 bits per heavy atom. The molecule has 1 rings (SSSR count). The van der Waals surface area contributed by atoms with Gasteiger partial charge in [-0.25, -0.2) is 9.97 Å². The zero-order valence-electron chi connectivity index (χ0n) is 7.62. The predicted octanol–water partition coefficient (Wildman–Crippen LogP) is 1.68. The van der Waals surface area contributed by atoms with Crippen molar-refractivity contribution in [3.8, 4) is 0 Å². The normalized spacial score (nSPS) is 13.6. The molecule has 0 aliphatic heterocycles. The number of aliphatic carboxylic acids is 1. The molecule has 1 aromatic rings. The molecule has 7 heteroatoms. The van der Waals surface area contributed by atoms with Crippen LogP contribution in [0.4, 0.5) is 13.2 Å². The molecule has 0 amide bonds. The van der Waals surface area contributed by atoms with Crippen LogP contribution in [0.5, 0.6) is 0 Å². The molecule has 4 nitrogen and oxygen atoms in total. The molecule has 0 aliphatic rings. The molecule has 1 N–H and O–H groups in total. The summed E-state index contributed by atoms with van der Waals surface area (Å²) in [6.45, 7) is 1.22. The Labute approximate surface area is 82.8 Å². The average molecular weight is 220 g/mol. The lowest BCUT2D eigenvalue weighted by Gasteiger charge is -2.08. The lowest BCUT2D eigenvalue weighted by atomic mass is 10.1. The minimum atomic E-state index is -4.59. The summed E-state index contributed by atoms with van der Waals surface area (Å²) < 4.78 is 36.6. The zero-order valence-corrected chi connectivity index (χ0v) is 7.62. The second-order valence-electron chi connectivity index (χ2n) is 2.86. The number of rotatable bonds is 2. The van der Waals surface area contributed by atoms with Crippen LogP contribution in [0.3, 0.4) is 0 Å². The number of aromatic nitrogens is 2. The van der Waals surface area contributed by atoms with E-state index in [1.54, 1.807) is 0 Å². The first-order valence-corrected chi connectivity index (χ1v) is 3.95. The Bertz CT molecular complexity index is 378. The van der Waals surface area contributed by atoms with Crippen LogP contribution in [0.1, 0.15) is 24.4 Å². The Hall–Kier alpha value is -1.66. The SMILES string of the molecule is CC(C(=O)O)c1nccc(C(F)(F)F)n1. The number of nitrogens with zero attached hydrogens (tertiary/aromatic N) is 2. The fourth-order valence-corrected chi connectivity index (χ4v) is 0.851. The third kappa shape index (κ3) is 2.64. The van der Waals surface area contributed by atoms with Crippen molar-refractivity contribution in [1.29, 1.82) is 0 Å². The van der Waals surface area contributed by atoms with Crippen molar-refractivity contribution in [1.82, 2.24) is 9.97 Å². The van der Waals surface area contributed by atoms with Gasteiger partial charge in [0.2, 0.25) is 0 Å². The van der Waals surface area contributed by atoms with Crippen molar-refractivity contribution in [2.24, 2.45) is 0 Å². The van der Waals surface area contributed by atoms with Gasteiger partial charge in [0.1, 0.15) is 17.4 Å². The van der Waals surface area contributed by atoms with Crippen molar-refractivity contribution in [2.45, 2.75) is 19.0 Å². The summed E-state index contributed by atoms with van der Waals surface area (Å²) in [7, 11) is 0. The first kappa shape index (κ1) is 11.4. The summed E-state index contributed by atoms with van der Waals surface area (Å²) in [5, 5.41) is 8.57. The first-order valence-electron chi connectivity index (χ1n) is 3.95. The van der Waals surface area contributed by atoms with Gasteiger partial charge in [-0.3, -0.25) is 4.79 Å². The van der Waals surface area contributed by atoms with Gasteiger partial charge in [0, 0.05) is 6.20 Å². The lowest BCUT2D eigenvalue weighted by Crippen LogP contribution is -2.15. The van der Waals surface area contributed by atoms with Gasteiger partial charge in [-0.05, 0) is 13.0 Å². The van der Waals surface area contributed by atoms with E-state index in [1.165, 1.54) is 6.92 Å². The molecule has 0 spiro atoms. The van der Waals surface area contributed by atoms with Crippen molar-refractivity contribution in [3.05, 3.63) is 23.8 Å². The maximum atomic E-state index is 12.2. The smallest absolute Gasteiger partial charge is 0.433 e. The topological polar surface area (TPSA) is 63.1 Å². The van der Waals surface area contributed by atoms with Crippen LogP contribution in [0.25, 0.3) is 0 Å². The molecule has 15 heavy (non-hydrogen) atoms. The minimum Gasteiger partial charge on any atom is -0.481 e. The number of carboxylic acid groups (broad SMARTS) is 1. The second kappa shape index (κ2) is 3.84. The summed E-state index contributed by atoms with van der Waals surface area (Å²) in [4.78, 5) is 17.1. The number of carboxylic acids is 1. The largest absolute Gasteiger partial charge is 0.481 e. The highest BCUT2D eigenvalue weighted by Gasteiger charge is 2.33. The number of alkyl halides is 3. The monoisotopic (exact) mass is 220 g/mol. The molecule has 1 aromatic heterocycles. The Morgan fingerprint density at radius 1 is 1.53 bits per heavy atom. The summed E-state index contributed by atoms with van der Waals surface area (Å²) in [6, 6.07) is 0.693. The van der Waals surface area contributed by atoms with Crippen molar-refractivity contribution in [3.63, 3.8) is 0 Å². The quantitative estimate of drug-likeness (QED) is 0.823. The lowest BCUT2D eigenvalue weighted by molar-refractivity contribution is -0.142. The number of hydrogen-bond donors (Lipinski definition) is 1. The van der Waals surface area contributed by atoms with Gasteiger partial charge in [0.15, 0.2) is 0 Å². The van der Waals surface area contributed by atoms with Crippen LogP contribution in [0.2, 0.25) is 0 Å². The molecule has 0 saturated carbocycles. The molecule has 0 radical (unpaired) electrons. The van der Waals surface area contributed by atoms with E-state index in [-0.39, 0.29) is 5.82 Å². The van der Waals surface area contributed by atoms with Crippen LogP contribution in [-0.2, 0) is 11.0 Å². The maximum absolute atomic E-state index is 12.2. The van der Waals surface area contributed by atoms with E-state index in [4.69, 9.17) is 5.11 Å². The maximum Gasteiger partial charge on any atom is 0.433 e. The van der Waals surface area contributed by atoms with Crippen molar-refractivity contribution in [2.75, 3.05) is 0 Å². The van der Waals surface area contributed by atoms with Crippen LogP contribution < -0.4 is 0 Å². The average Bonchev–Trinajstić information content (AvgIpc) is 2.15. The van der Waals surface area contributed by atoms with Gasteiger partial charge in [0.25, 0.3) is 0 Å². The number of halogens is 3. The Morgan fingerprint density at radius 3 is 2.60 bits per heavy atom. The molecular formula is C8H7F3N2O2. The molecule has 0 saturated heterocycles. The highest BCUT2D eigenvalue weighted by molar-refractivity contribution is 5.74. The third-order valence-electron chi connectivity index (χ3n) is 1.72. The molecule has 0 bridgehead atoms. The van der Waals surface area contributed by atoms with Gasteiger partial charge in [-0.2, -0.15) is 13.2 Å². The van der Waals surface area contributed by atoms with Gasteiger partial charge in [0.05, 0.1) is 0 Å². The van der Waals surface area contributed by atoms with E-state index >= 15 is 0 Å². The molecule has 0 aliphatic carbocycles. The number of hydrogen-bond acceptors (Lipinski definition) is 3. The van der Waals surface area contributed by atoms with Crippen molar-refractivity contribution >= 4 is 5.97 Å². The van der Waals surface area contributed by atoms with Crippen LogP contribution in [0.15, 0.2) is 12.3 Å². The molecule has 1 atom stereocenters. The Balaban J connectivity index is 3.08. The number of carbonyl (C=O) groups is 1. The highest BCUT2D eigenvalue weighted by atomic mass is 19.4. The molecule has 1 unspecified atom stereocenters. The van der Waals surface area contributed by atoms with Gasteiger partial charge >= 0.3 is 12.1 Å². The summed E-state index contributed by atoms with van der Waals surface area (Å²) in [6.07, 6.45) is -3.69. The van der Waals surface area contributed by atoms with Gasteiger partial charge in [-0.15, -0.1) is 0 Å². The van der Waals surface area contributed by atoms with E-state index in [1.807, 2.05) is 0 Å². The summed E-state index contributed by atoms with van der Waals surface area (Å²) in [5.41, 5.74) is -1.14. The third-order valence-corrected chi connectivity index (χ3v) is 1.72. The highest BCUT2D eigenvalue weighted by Crippen LogP contribution is 2.27. The molecule has 0 fully saturated rings. The van der Waals surface area contributed by atoms with E-state index in [9.17, 15) is 18.0 Å². The van der Waals surface area contributed by atoms with E-state index in [0.717, 1.165) is 6.20 Å². The van der Waals surface area contributed by atoms with Gasteiger partial charge < -0.3 is 5.11 Å². The van der Waals surface area contributed by atoms with Crippen LogP contribution in [-0.4, -0.2) is 21.0 Å². The van der Waals surface area contributed by atoms with E-state index in [0.29, 0.717) is 6.07 Å². The Kier molecular flexibility index (Phi) is 2.92. The van der Waals surface area contributed by atoms with Crippen LogP contribution in [0, 0.1) is 0 Å². The van der Waals surface area contributed by atoms with Gasteiger partial charge in [-0.1, -0.05) is 0 Å². The fourth-order valence-electron chi connectivity index (χ4n) is 0.851. The predicted molar refractivity (Wildman–Crippen MR) is 43.1 cm³/mol. The van der Waals surface area contributed by atoms with Crippen molar-refractivity contribution < 1.29 is 23.1 Å². The minimum absolute atomic E-state index is 0.350. The van der Waals surface area contributed by atoms with Crippen LogP contribution >= 0.6 is 0 Å². The second-order valence-corrected chi connectivity index (χ2v) is 2.86. The summed E-state index contributed by atoms with van der Waals surface area (Å²) >= 11 is 0. The molecule has 82 valence electrons. The van der Waals surface area contributed by atoms with E-state index < -0.39 is 23.8 Å². The zero-order chi connectivity index (χ0) is 11.6. The summed E-state index contributed by atoms with van der Waals surface area (Å²) in [5.74, 6) is -2.78. The first-order chi connectivity index (χ1) is 6.82. The molecule has 0 aromatic carbocycles. The standard InChI is InChI=1S/C8H7F3N2O2/c1-4(7(14)15)6-12-3-2-5(13-6)8(9,10)11/h2-4H,1H3,(H,14,15). The molecule has 1 heterocycles. The fraction of sp³-hybridized carbons (Fsp3) is 0.375.